The number of aryl methyl sites for hydroxylation is 1. The molecule has 4 heteroatoms. The van der Waals surface area contributed by atoms with Crippen LogP contribution in [0.5, 0.6) is 0 Å². The topological polar surface area (TPSA) is 30.0 Å². The zero-order valence-corrected chi connectivity index (χ0v) is 8.37. The maximum atomic E-state index is 10.8. The molecule has 0 fully saturated rings. The smallest absolute Gasteiger partial charge is 0.161 e. The molecule has 2 nitrogen and oxygen atoms in total. The monoisotopic (exact) mass is 205 g/mol. The third-order valence-corrected chi connectivity index (χ3v) is 1.82. The molecule has 0 aromatic carbocycles. The molecule has 0 bridgehead atoms. The van der Waals surface area contributed by atoms with Crippen LogP contribution >= 0.6 is 24.0 Å². The number of nitrogens with zero attached hydrogens (tertiary/aromatic N) is 1. The van der Waals surface area contributed by atoms with Crippen molar-refractivity contribution in [1.82, 2.24) is 4.98 Å². The van der Waals surface area contributed by atoms with E-state index in [0.29, 0.717) is 10.7 Å². The number of halogens is 2. The minimum absolute atomic E-state index is 0. The van der Waals surface area contributed by atoms with Gasteiger partial charge in [-0.3, -0.25) is 4.79 Å². The first-order valence-electron chi connectivity index (χ1n) is 3.24. The molecule has 0 spiro atoms. The van der Waals surface area contributed by atoms with Crippen molar-refractivity contribution in [3.05, 3.63) is 28.5 Å². The summed E-state index contributed by atoms with van der Waals surface area (Å²) in [6, 6.07) is 1.73. The van der Waals surface area contributed by atoms with Crippen molar-refractivity contribution >= 4 is 29.8 Å². The van der Waals surface area contributed by atoms with Crippen LogP contribution in [0.3, 0.4) is 0 Å². The molecule has 1 aromatic heterocycles. The summed E-state index contributed by atoms with van der Waals surface area (Å²) in [4.78, 5) is 14.7. The zero-order chi connectivity index (χ0) is 8.43. The van der Waals surface area contributed by atoms with Crippen LogP contribution in [0.2, 0.25) is 5.15 Å². The van der Waals surface area contributed by atoms with E-state index >= 15 is 0 Å². The molecule has 1 rings (SSSR count). The number of hydrogen-bond acceptors (Lipinski definition) is 2. The van der Waals surface area contributed by atoms with E-state index in [2.05, 4.69) is 4.98 Å². The Morgan fingerprint density at radius 3 is 2.58 bits per heavy atom. The molecule has 0 aliphatic carbocycles. The van der Waals surface area contributed by atoms with Crippen LogP contribution in [0.15, 0.2) is 12.3 Å². The van der Waals surface area contributed by atoms with E-state index in [-0.39, 0.29) is 18.2 Å². The van der Waals surface area contributed by atoms with Crippen molar-refractivity contribution < 1.29 is 4.79 Å². The fourth-order valence-electron chi connectivity index (χ4n) is 0.751. The Kier molecular flexibility index (Phi) is 4.21. The van der Waals surface area contributed by atoms with E-state index < -0.39 is 0 Å². The lowest BCUT2D eigenvalue weighted by Crippen LogP contribution is -1.94. The fraction of sp³-hybridized carbons (Fsp3) is 0.250. The van der Waals surface area contributed by atoms with E-state index in [0.717, 1.165) is 5.56 Å². The van der Waals surface area contributed by atoms with Crippen LogP contribution in [-0.2, 0) is 0 Å². The van der Waals surface area contributed by atoms with Gasteiger partial charge in [0, 0.05) is 11.8 Å². The van der Waals surface area contributed by atoms with Crippen molar-refractivity contribution in [2.45, 2.75) is 13.8 Å². The number of aromatic nitrogens is 1. The quantitative estimate of drug-likeness (QED) is 0.522. The van der Waals surface area contributed by atoms with Crippen molar-refractivity contribution in [2.24, 2.45) is 0 Å². The first-order valence-corrected chi connectivity index (χ1v) is 3.62. The van der Waals surface area contributed by atoms with Gasteiger partial charge in [-0.25, -0.2) is 4.98 Å². The third-order valence-electron chi connectivity index (χ3n) is 1.42. The van der Waals surface area contributed by atoms with Gasteiger partial charge in [0.05, 0.1) is 0 Å². The molecule has 0 N–H and O–H groups in total. The predicted octanol–water partition coefficient (Wildman–Crippen LogP) is 2.67. The third kappa shape index (κ3) is 2.47. The molecular formula is C8H9Cl2NO. The summed E-state index contributed by atoms with van der Waals surface area (Å²) in [7, 11) is 0. The molecule has 66 valence electrons. The van der Waals surface area contributed by atoms with Crippen molar-refractivity contribution in [2.75, 3.05) is 0 Å². The SMILES string of the molecule is CC(=O)c1cnc(Cl)c(C)c1.Cl. The second-order valence-corrected chi connectivity index (χ2v) is 2.75. The molecule has 1 aromatic rings. The van der Waals surface area contributed by atoms with Crippen molar-refractivity contribution in [3.8, 4) is 0 Å². The number of hydrogen-bond donors (Lipinski definition) is 0. The molecule has 0 radical (unpaired) electrons. The van der Waals surface area contributed by atoms with Crippen LogP contribution in [0.4, 0.5) is 0 Å². The number of carbonyl (C=O) groups excluding carboxylic acids is 1. The minimum atomic E-state index is 0. The van der Waals surface area contributed by atoms with E-state index in [9.17, 15) is 4.79 Å². The van der Waals surface area contributed by atoms with E-state index in [1.165, 1.54) is 13.1 Å². The predicted molar refractivity (Wildman–Crippen MR) is 51.2 cm³/mol. The fourth-order valence-corrected chi connectivity index (χ4v) is 0.854. The van der Waals surface area contributed by atoms with Gasteiger partial charge in [0.15, 0.2) is 5.78 Å². The van der Waals surface area contributed by atoms with Crippen LogP contribution in [0.25, 0.3) is 0 Å². The summed E-state index contributed by atoms with van der Waals surface area (Å²) in [5.74, 6) is 0.0114. The largest absolute Gasteiger partial charge is 0.294 e. The highest BCUT2D eigenvalue weighted by Crippen LogP contribution is 2.12. The Bertz CT molecular complexity index is 299. The van der Waals surface area contributed by atoms with Crippen LogP contribution in [0, 0.1) is 6.92 Å². The lowest BCUT2D eigenvalue weighted by atomic mass is 10.2. The van der Waals surface area contributed by atoms with Gasteiger partial charge in [-0.15, -0.1) is 12.4 Å². The number of rotatable bonds is 1. The van der Waals surface area contributed by atoms with Gasteiger partial charge >= 0.3 is 0 Å². The van der Waals surface area contributed by atoms with Gasteiger partial charge < -0.3 is 0 Å². The van der Waals surface area contributed by atoms with Gasteiger partial charge in [-0.2, -0.15) is 0 Å². The molecule has 12 heavy (non-hydrogen) atoms. The average molecular weight is 206 g/mol. The lowest BCUT2D eigenvalue weighted by Gasteiger charge is -1.97. The maximum absolute atomic E-state index is 10.8. The number of ketones is 1. The Labute approximate surface area is 82.4 Å². The van der Waals surface area contributed by atoms with Gasteiger partial charge in [-0.1, -0.05) is 11.6 Å². The van der Waals surface area contributed by atoms with Crippen LogP contribution < -0.4 is 0 Å². The first-order chi connectivity index (χ1) is 5.11. The molecular weight excluding hydrogens is 197 g/mol. The Hall–Kier alpha value is -0.600. The summed E-state index contributed by atoms with van der Waals surface area (Å²) in [6.45, 7) is 3.33. The highest BCUT2D eigenvalue weighted by atomic mass is 35.5. The van der Waals surface area contributed by atoms with Crippen molar-refractivity contribution in [3.63, 3.8) is 0 Å². The molecule has 0 aliphatic rings. The minimum Gasteiger partial charge on any atom is -0.294 e. The molecule has 1 heterocycles. The van der Waals surface area contributed by atoms with E-state index in [1.54, 1.807) is 6.07 Å². The maximum Gasteiger partial charge on any atom is 0.161 e. The van der Waals surface area contributed by atoms with Gasteiger partial charge in [0.25, 0.3) is 0 Å². The van der Waals surface area contributed by atoms with E-state index in [1.807, 2.05) is 6.92 Å². The number of pyridine rings is 1. The number of carbonyl (C=O) groups is 1. The molecule has 0 aliphatic heterocycles. The van der Waals surface area contributed by atoms with Crippen LogP contribution in [-0.4, -0.2) is 10.8 Å². The van der Waals surface area contributed by atoms with E-state index in [4.69, 9.17) is 11.6 Å². The highest BCUT2D eigenvalue weighted by Gasteiger charge is 2.01. The van der Waals surface area contributed by atoms with Crippen LogP contribution in [0.1, 0.15) is 22.8 Å². The summed E-state index contributed by atoms with van der Waals surface area (Å²) in [5, 5.41) is 0.454. The normalized spacial score (nSPS) is 8.92. The summed E-state index contributed by atoms with van der Waals surface area (Å²) in [5.41, 5.74) is 1.44. The van der Waals surface area contributed by atoms with Gasteiger partial charge in [-0.05, 0) is 25.5 Å². The Morgan fingerprint density at radius 1 is 1.58 bits per heavy atom. The standard InChI is InChI=1S/C8H8ClNO.ClH/c1-5-3-7(6(2)11)4-10-8(5)9;/h3-4H,1-2H3;1H. The summed E-state index contributed by atoms with van der Waals surface area (Å²) < 4.78 is 0. The van der Waals surface area contributed by atoms with Crippen molar-refractivity contribution in [1.29, 1.82) is 0 Å². The molecule has 0 saturated carbocycles. The molecule has 0 amide bonds. The second-order valence-electron chi connectivity index (χ2n) is 2.39. The molecule has 0 atom stereocenters. The summed E-state index contributed by atoms with van der Waals surface area (Å²) in [6.07, 6.45) is 1.48. The lowest BCUT2D eigenvalue weighted by molar-refractivity contribution is 0.101. The Balaban J connectivity index is 0.00000121. The second kappa shape index (κ2) is 4.43. The van der Waals surface area contributed by atoms with Gasteiger partial charge in [0.2, 0.25) is 0 Å². The average Bonchev–Trinajstić information content (AvgIpc) is 1.94. The van der Waals surface area contributed by atoms with Gasteiger partial charge in [0.1, 0.15) is 5.15 Å². The molecule has 0 saturated heterocycles. The number of Topliss-reactive ketones (excluding diaryl/α,β-unsaturated/α-hetero) is 1. The summed E-state index contributed by atoms with van der Waals surface area (Å²) >= 11 is 5.66. The first kappa shape index (κ1) is 11.4. The highest BCUT2D eigenvalue weighted by molar-refractivity contribution is 6.30. The zero-order valence-electron chi connectivity index (χ0n) is 6.80. The Morgan fingerprint density at radius 2 is 2.17 bits per heavy atom. The molecule has 0 unspecified atom stereocenters.